The van der Waals surface area contributed by atoms with Crippen molar-refractivity contribution in [3.05, 3.63) is 41.6 Å². The number of allylic oxidation sites excluding steroid dienone is 2. The van der Waals surface area contributed by atoms with Crippen molar-refractivity contribution in [1.82, 2.24) is 0 Å². The number of aryl methyl sites for hydroxylation is 1. The van der Waals surface area contributed by atoms with Gasteiger partial charge in [-0.15, -0.1) is 0 Å². The predicted molar refractivity (Wildman–Crippen MR) is 66.5 cm³/mol. The van der Waals surface area contributed by atoms with Gasteiger partial charge in [-0.1, -0.05) is 12.1 Å². The second-order valence-corrected chi connectivity index (χ2v) is 4.19. The maximum absolute atomic E-state index is 11.3. The van der Waals surface area contributed by atoms with Crippen LogP contribution in [0.4, 0.5) is 5.69 Å². The van der Waals surface area contributed by atoms with Gasteiger partial charge in [0.05, 0.1) is 0 Å². The first-order valence-electron chi connectivity index (χ1n) is 5.78. The minimum absolute atomic E-state index is 0.251. The number of benzene rings is 1. The lowest BCUT2D eigenvalue weighted by Gasteiger charge is -2.24. The Morgan fingerprint density at radius 1 is 1.31 bits per heavy atom. The fourth-order valence-corrected chi connectivity index (χ4v) is 2.14. The largest absolute Gasteiger partial charge is 0.345 e. The summed E-state index contributed by atoms with van der Waals surface area (Å²) in [7, 11) is 0. The maximum atomic E-state index is 11.3. The first-order valence-corrected chi connectivity index (χ1v) is 5.78. The van der Waals surface area contributed by atoms with E-state index in [-0.39, 0.29) is 5.78 Å². The summed E-state index contributed by atoms with van der Waals surface area (Å²) in [5.41, 5.74) is 3.59. The van der Waals surface area contributed by atoms with Gasteiger partial charge in [0.2, 0.25) is 0 Å². The minimum atomic E-state index is 0.251. The Hall–Kier alpha value is -1.57. The molecule has 0 fully saturated rings. The van der Waals surface area contributed by atoms with Crippen LogP contribution in [0.1, 0.15) is 25.3 Å². The van der Waals surface area contributed by atoms with Crippen molar-refractivity contribution in [2.45, 2.75) is 26.7 Å². The summed E-state index contributed by atoms with van der Waals surface area (Å²) in [6, 6.07) is 8.41. The molecule has 16 heavy (non-hydrogen) atoms. The van der Waals surface area contributed by atoms with E-state index in [0.29, 0.717) is 6.42 Å². The van der Waals surface area contributed by atoms with Gasteiger partial charge in [-0.3, -0.25) is 4.79 Å². The number of hydrogen-bond donors (Lipinski definition) is 0. The molecule has 1 aliphatic rings. The number of hydrogen-bond acceptors (Lipinski definition) is 2. The molecule has 1 aromatic rings. The van der Waals surface area contributed by atoms with Crippen LogP contribution in [0.5, 0.6) is 0 Å². The number of anilines is 1. The van der Waals surface area contributed by atoms with Gasteiger partial charge >= 0.3 is 0 Å². The third-order valence-electron chi connectivity index (χ3n) is 2.93. The minimum Gasteiger partial charge on any atom is -0.345 e. The average molecular weight is 215 g/mol. The fourth-order valence-electron chi connectivity index (χ4n) is 2.14. The van der Waals surface area contributed by atoms with Crippen LogP contribution in [0.25, 0.3) is 0 Å². The highest BCUT2D eigenvalue weighted by molar-refractivity contribution is 5.93. The molecule has 0 heterocycles. The van der Waals surface area contributed by atoms with Gasteiger partial charge < -0.3 is 4.90 Å². The topological polar surface area (TPSA) is 20.3 Å². The van der Waals surface area contributed by atoms with Gasteiger partial charge in [-0.05, 0) is 38.0 Å². The highest BCUT2D eigenvalue weighted by atomic mass is 16.1. The fraction of sp³-hybridized carbons (Fsp3) is 0.357. The van der Waals surface area contributed by atoms with Crippen molar-refractivity contribution in [1.29, 1.82) is 0 Å². The van der Waals surface area contributed by atoms with Crippen LogP contribution < -0.4 is 4.90 Å². The molecule has 1 aliphatic carbocycles. The molecule has 0 aliphatic heterocycles. The number of nitrogens with zero attached hydrogens (tertiary/aromatic N) is 1. The van der Waals surface area contributed by atoms with Crippen molar-refractivity contribution in [3.63, 3.8) is 0 Å². The van der Waals surface area contributed by atoms with Crippen molar-refractivity contribution >= 4 is 11.5 Å². The van der Waals surface area contributed by atoms with Crippen molar-refractivity contribution < 1.29 is 4.79 Å². The van der Waals surface area contributed by atoms with Crippen LogP contribution in [-0.2, 0) is 4.79 Å². The van der Waals surface area contributed by atoms with Gasteiger partial charge in [-0.2, -0.15) is 0 Å². The van der Waals surface area contributed by atoms with Gasteiger partial charge in [-0.25, -0.2) is 0 Å². The standard InChI is InChI=1S/C14H17NO/c1-3-15(13-7-8-14(16)10-13)12-6-4-5-11(2)9-12/h4-6,9-10H,3,7-8H2,1-2H3. The van der Waals surface area contributed by atoms with Gasteiger partial charge in [0.15, 0.2) is 5.78 Å². The zero-order valence-electron chi connectivity index (χ0n) is 9.86. The summed E-state index contributed by atoms with van der Waals surface area (Å²) in [6.45, 7) is 5.11. The number of carbonyl (C=O) groups excluding carboxylic acids is 1. The highest BCUT2D eigenvalue weighted by Gasteiger charge is 2.17. The molecular formula is C14H17NO. The molecule has 0 saturated carbocycles. The third kappa shape index (κ3) is 2.16. The molecular weight excluding hydrogens is 198 g/mol. The maximum Gasteiger partial charge on any atom is 0.157 e. The summed E-state index contributed by atoms with van der Waals surface area (Å²) in [5, 5.41) is 0. The van der Waals surface area contributed by atoms with E-state index in [1.807, 2.05) is 0 Å². The molecule has 2 heteroatoms. The lowest BCUT2D eigenvalue weighted by Crippen LogP contribution is -2.20. The molecule has 0 aromatic heterocycles. The molecule has 0 radical (unpaired) electrons. The molecule has 84 valence electrons. The Balaban J connectivity index is 2.29. The van der Waals surface area contributed by atoms with E-state index in [1.54, 1.807) is 6.08 Å². The molecule has 2 rings (SSSR count). The van der Waals surface area contributed by atoms with Crippen molar-refractivity contribution in [2.75, 3.05) is 11.4 Å². The SMILES string of the molecule is CCN(C1=CC(=O)CC1)c1cccc(C)c1. The predicted octanol–water partition coefficient (Wildman–Crippen LogP) is 3.07. The Labute approximate surface area is 96.6 Å². The zero-order valence-corrected chi connectivity index (χ0v) is 9.86. The number of carbonyl (C=O) groups is 1. The van der Waals surface area contributed by atoms with E-state index in [2.05, 4.69) is 43.0 Å². The van der Waals surface area contributed by atoms with Crippen LogP contribution in [0, 0.1) is 6.92 Å². The Morgan fingerprint density at radius 3 is 2.69 bits per heavy atom. The van der Waals surface area contributed by atoms with Crippen molar-refractivity contribution in [3.8, 4) is 0 Å². The van der Waals surface area contributed by atoms with Gasteiger partial charge in [0, 0.05) is 30.4 Å². The second kappa shape index (κ2) is 4.52. The first kappa shape index (κ1) is 10.9. The Kier molecular flexibility index (Phi) is 3.09. The Bertz CT molecular complexity index is 434. The van der Waals surface area contributed by atoms with Crippen LogP contribution in [0.2, 0.25) is 0 Å². The molecule has 1 aromatic carbocycles. The van der Waals surface area contributed by atoms with Crippen LogP contribution >= 0.6 is 0 Å². The average Bonchev–Trinajstić information content (AvgIpc) is 2.66. The normalized spacial score (nSPS) is 15.1. The van der Waals surface area contributed by atoms with E-state index in [4.69, 9.17) is 0 Å². The Morgan fingerprint density at radius 2 is 2.12 bits per heavy atom. The zero-order chi connectivity index (χ0) is 11.5. The van der Waals surface area contributed by atoms with Crippen LogP contribution in [-0.4, -0.2) is 12.3 Å². The summed E-state index contributed by atoms with van der Waals surface area (Å²) in [6.07, 6.45) is 3.32. The summed E-state index contributed by atoms with van der Waals surface area (Å²) >= 11 is 0. The van der Waals surface area contributed by atoms with Crippen molar-refractivity contribution in [2.24, 2.45) is 0 Å². The lowest BCUT2D eigenvalue weighted by molar-refractivity contribution is -0.114. The summed E-state index contributed by atoms with van der Waals surface area (Å²) in [4.78, 5) is 13.5. The molecule has 0 atom stereocenters. The monoisotopic (exact) mass is 215 g/mol. The quantitative estimate of drug-likeness (QED) is 0.772. The lowest BCUT2D eigenvalue weighted by atomic mass is 10.2. The second-order valence-electron chi connectivity index (χ2n) is 4.19. The van der Waals surface area contributed by atoms with Gasteiger partial charge in [0.1, 0.15) is 0 Å². The smallest absolute Gasteiger partial charge is 0.157 e. The van der Waals surface area contributed by atoms with E-state index in [0.717, 1.165) is 18.7 Å². The molecule has 0 spiro atoms. The molecule has 0 unspecified atom stereocenters. The number of ketones is 1. The summed E-state index contributed by atoms with van der Waals surface area (Å²) < 4.78 is 0. The van der Waals surface area contributed by atoms with Crippen LogP contribution in [0.3, 0.4) is 0 Å². The van der Waals surface area contributed by atoms with E-state index in [1.165, 1.54) is 11.3 Å². The third-order valence-corrected chi connectivity index (χ3v) is 2.93. The molecule has 0 N–H and O–H groups in total. The molecule has 0 amide bonds. The van der Waals surface area contributed by atoms with Crippen LogP contribution in [0.15, 0.2) is 36.0 Å². The number of rotatable bonds is 3. The van der Waals surface area contributed by atoms with E-state index >= 15 is 0 Å². The molecule has 0 saturated heterocycles. The first-order chi connectivity index (χ1) is 7.70. The molecule has 2 nitrogen and oxygen atoms in total. The highest BCUT2D eigenvalue weighted by Crippen LogP contribution is 2.26. The van der Waals surface area contributed by atoms with E-state index in [9.17, 15) is 4.79 Å². The van der Waals surface area contributed by atoms with E-state index < -0.39 is 0 Å². The summed E-state index contributed by atoms with van der Waals surface area (Å²) in [5.74, 6) is 0.251. The van der Waals surface area contributed by atoms with Gasteiger partial charge in [0.25, 0.3) is 0 Å². The molecule has 0 bridgehead atoms.